The predicted molar refractivity (Wildman–Crippen MR) is 73.9 cm³/mol. The van der Waals surface area contributed by atoms with Gasteiger partial charge in [-0.05, 0) is 25.1 Å². The van der Waals surface area contributed by atoms with Crippen LogP contribution in [0.3, 0.4) is 0 Å². The maximum atomic E-state index is 11.7. The van der Waals surface area contributed by atoms with Crippen LogP contribution >= 0.6 is 23.2 Å². The fourth-order valence-corrected chi connectivity index (χ4v) is 1.95. The van der Waals surface area contributed by atoms with Gasteiger partial charge in [-0.15, -0.1) is 0 Å². The number of aromatic nitrogens is 2. The molecule has 1 aromatic heterocycles. The molecule has 0 aliphatic rings. The molecule has 0 bridgehead atoms. The Morgan fingerprint density at radius 2 is 2.05 bits per heavy atom. The lowest BCUT2D eigenvalue weighted by Crippen LogP contribution is -2.18. The Labute approximate surface area is 119 Å². The summed E-state index contributed by atoms with van der Waals surface area (Å²) in [5, 5.41) is 13.7. The van der Waals surface area contributed by atoms with Crippen molar-refractivity contribution in [2.45, 2.75) is 13.3 Å². The first kappa shape index (κ1) is 13.6. The van der Waals surface area contributed by atoms with Crippen molar-refractivity contribution in [3.63, 3.8) is 0 Å². The van der Waals surface area contributed by atoms with Crippen LogP contribution in [0.1, 0.15) is 11.4 Å². The van der Waals surface area contributed by atoms with Gasteiger partial charge < -0.3 is 0 Å². The molecule has 1 aromatic carbocycles. The molecule has 96 valence electrons. The van der Waals surface area contributed by atoms with Gasteiger partial charge in [0, 0.05) is 11.8 Å². The van der Waals surface area contributed by atoms with E-state index in [1.54, 1.807) is 29.8 Å². The molecule has 4 nitrogen and oxygen atoms in total. The van der Waals surface area contributed by atoms with Crippen LogP contribution in [0.2, 0.25) is 10.0 Å². The van der Waals surface area contributed by atoms with Gasteiger partial charge in [-0.1, -0.05) is 23.2 Å². The molecule has 0 atom stereocenters. The van der Waals surface area contributed by atoms with Crippen molar-refractivity contribution in [1.29, 1.82) is 5.26 Å². The summed E-state index contributed by atoms with van der Waals surface area (Å²) >= 11 is 11.8. The van der Waals surface area contributed by atoms with Crippen LogP contribution in [0.25, 0.3) is 5.69 Å². The molecule has 0 saturated carbocycles. The van der Waals surface area contributed by atoms with Crippen molar-refractivity contribution in [1.82, 2.24) is 9.78 Å². The summed E-state index contributed by atoms with van der Waals surface area (Å²) in [6, 6.07) is 8.42. The summed E-state index contributed by atoms with van der Waals surface area (Å²) in [7, 11) is 0. The van der Waals surface area contributed by atoms with Gasteiger partial charge in [0.05, 0.1) is 28.2 Å². The monoisotopic (exact) mass is 293 g/mol. The number of hydrogen-bond donors (Lipinski definition) is 0. The summed E-state index contributed by atoms with van der Waals surface area (Å²) < 4.78 is 1.57. The van der Waals surface area contributed by atoms with Crippen molar-refractivity contribution in [3.8, 4) is 11.8 Å². The van der Waals surface area contributed by atoms with Crippen LogP contribution in [-0.4, -0.2) is 9.78 Å². The second kappa shape index (κ2) is 5.43. The van der Waals surface area contributed by atoms with Crippen molar-refractivity contribution in [2.24, 2.45) is 0 Å². The molecule has 1 heterocycles. The van der Waals surface area contributed by atoms with Crippen LogP contribution in [-0.2, 0) is 6.42 Å². The van der Waals surface area contributed by atoms with Gasteiger partial charge in [0.1, 0.15) is 5.69 Å². The minimum Gasteiger partial charge on any atom is -0.288 e. The molecule has 0 radical (unpaired) electrons. The maximum absolute atomic E-state index is 11.7. The van der Waals surface area contributed by atoms with E-state index < -0.39 is 0 Å². The smallest absolute Gasteiger partial charge is 0.204 e. The number of benzene rings is 1. The largest absolute Gasteiger partial charge is 0.288 e. The summed E-state index contributed by atoms with van der Waals surface area (Å²) in [5.41, 5.74) is 1.31. The molecule has 0 unspecified atom stereocenters. The molecule has 0 amide bonds. The lowest BCUT2D eigenvalue weighted by atomic mass is 10.2. The Kier molecular flexibility index (Phi) is 3.89. The fourth-order valence-electron chi connectivity index (χ4n) is 1.66. The van der Waals surface area contributed by atoms with Gasteiger partial charge in [0.15, 0.2) is 0 Å². The molecule has 6 heteroatoms. The predicted octanol–water partition coefficient (Wildman–Crippen LogP) is 2.91. The molecule has 0 aliphatic carbocycles. The number of nitrogens with zero attached hydrogens (tertiary/aromatic N) is 3. The molecule has 2 rings (SSSR count). The minimum atomic E-state index is -0.240. The molecule has 0 spiro atoms. The van der Waals surface area contributed by atoms with E-state index >= 15 is 0 Å². The number of nitriles is 1. The van der Waals surface area contributed by atoms with Crippen molar-refractivity contribution < 1.29 is 0 Å². The first-order chi connectivity index (χ1) is 9.02. The molecular weight excluding hydrogens is 285 g/mol. The standard InChI is InChI=1S/C13H9Cl2N3O/c1-8-6-13(19)12(4-5-16)17-18(8)9-2-3-10(14)11(15)7-9/h2-3,6-7H,4H2,1H3. The zero-order valence-electron chi connectivity index (χ0n) is 10.0. The molecule has 2 aromatic rings. The highest BCUT2D eigenvalue weighted by Crippen LogP contribution is 2.24. The normalized spacial score (nSPS) is 10.2. The Hall–Kier alpha value is -1.83. The Balaban J connectivity index is 2.61. The first-order valence-corrected chi connectivity index (χ1v) is 6.20. The fraction of sp³-hybridized carbons (Fsp3) is 0.154. The highest BCUT2D eigenvalue weighted by Gasteiger charge is 2.08. The third kappa shape index (κ3) is 2.78. The number of halogens is 2. The molecule has 0 aliphatic heterocycles. The van der Waals surface area contributed by atoms with Gasteiger partial charge in [0.25, 0.3) is 0 Å². The highest BCUT2D eigenvalue weighted by molar-refractivity contribution is 6.42. The van der Waals surface area contributed by atoms with E-state index in [0.29, 0.717) is 21.4 Å². The van der Waals surface area contributed by atoms with Crippen LogP contribution in [0, 0.1) is 18.3 Å². The molecule has 0 N–H and O–H groups in total. The Morgan fingerprint density at radius 3 is 2.68 bits per heavy atom. The van der Waals surface area contributed by atoms with Crippen molar-refractivity contribution >= 4 is 23.2 Å². The quantitative estimate of drug-likeness (QED) is 0.855. The first-order valence-electron chi connectivity index (χ1n) is 5.45. The van der Waals surface area contributed by atoms with E-state index in [0.717, 1.165) is 0 Å². The minimum absolute atomic E-state index is 0.0273. The van der Waals surface area contributed by atoms with E-state index in [1.807, 2.05) is 6.07 Å². The van der Waals surface area contributed by atoms with Crippen LogP contribution < -0.4 is 5.43 Å². The third-order valence-corrected chi connectivity index (χ3v) is 3.31. The third-order valence-electron chi connectivity index (χ3n) is 2.57. The second-order valence-electron chi connectivity index (χ2n) is 3.94. The highest BCUT2D eigenvalue weighted by atomic mass is 35.5. The summed E-state index contributed by atoms with van der Waals surface area (Å²) in [5.74, 6) is 0. The van der Waals surface area contributed by atoms with Gasteiger partial charge in [-0.2, -0.15) is 10.4 Å². The van der Waals surface area contributed by atoms with Crippen LogP contribution in [0.15, 0.2) is 29.1 Å². The topological polar surface area (TPSA) is 58.7 Å². The van der Waals surface area contributed by atoms with Crippen LogP contribution in [0.5, 0.6) is 0 Å². The van der Waals surface area contributed by atoms with E-state index in [4.69, 9.17) is 28.5 Å². The van der Waals surface area contributed by atoms with E-state index in [9.17, 15) is 4.79 Å². The molecular formula is C13H9Cl2N3O. The number of rotatable bonds is 2. The van der Waals surface area contributed by atoms with E-state index in [1.165, 1.54) is 6.07 Å². The van der Waals surface area contributed by atoms with Gasteiger partial charge in [0.2, 0.25) is 5.43 Å². The lowest BCUT2D eigenvalue weighted by Gasteiger charge is -2.11. The molecule has 0 saturated heterocycles. The average molecular weight is 294 g/mol. The van der Waals surface area contributed by atoms with Crippen molar-refractivity contribution in [2.75, 3.05) is 0 Å². The zero-order valence-corrected chi connectivity index (χ0v) is 11.5. The van der Waals surface area contributed by atoms with E-state index in [-0.39, 0.29) is 17.5 Å². The molecule has 19 heavy (non-hydrogen) atoms. The van der Waals surface area contributed by atoms with Gasteiger partial charge in [-0.25, -0.2) is 4.68 Å². The Morgan fingerprint density at radius 1 is 1.32 bits per heavy atom. The number of hydrogen-bond acceptors (Lipinski definition) is 3. The summed E-state index contributed by atoms with van der Waals surface area (Å²) in [4.78, 5) is 11.7. The van der Waals surface area contributed by atoms with Crippen molar-refractivity contribution in [3.05, 3.63) is 55.9 Å². The lowest BCUT2D eigenvalue weighted by molar-refractivity contribution is 0.767. The van der Waals surface area contributed by atoms with E-state index in [2.05, 4.69) is 5.10 Å². The van der Waals surface area contributed by atoms with Gasteiger partial charge in [-0.3, -0.25) is 4.79 Å². The zero-order chi connectivity index (χ0) is 14.0. The average Bonchev–Trinajstić information content (AvgIpc) is 2.36. The SMILES string of the molecule is Cc1cc(=O)c(CC#N)nn1-c1ccc(Cl)c(Cl)c1. The Bertz CT molecular complexity index is 732. The molecule has 0 fully saturated rings. The summed E-state index contributed by atoms with van der Waals surface area (Å²) in [6.45, 7) is 1.76. The second-order valence-corrected chi connectivity index (χ2v) is 4.76. The summed E-state index contributed by atoms with van der Waals surface area (Å²) in [6.07, 6.45) is -0.0273. The maximum Gasteiger partial charge on any atom is 0.204 e. The number of aryl methyl sites for hydroxylation is 1. The van der Waals surface area contributed by atoms with Gasteiger partial charge >= 0.3 is 0 Å². The van der Waals surface area contributed by atoms with Crippen LogP contribution in [0.4, 0.5) is 0 Å².